The molecule has 1 atom stereocenters. The van der Waals surface area contributed by atoms with E-state index in [1.165, 1.54) is 12.1 Å². The van der Waals surface area contributed by atoms with E-state index in [0.29, 0.717) is 37.8 Å². The number of nitrogens with zero attached hydrogens (tertiary/aromatic N) is 2. The van der Waals surface area contributed by atoms with E-state index in [-0.39, 0.29) is 29.4 Å². The predicted octanol–water partition coefficient (Wildman–Crippen LogP) is 3.50. The molecule has 0 saturated heterocycles. The third kappa shape index (κ3) is 5.31. The first kappa shape index (κ1) is 22.5. The molecule has 1 aromatic heterocycles. The number of benzene rings is 1. The maximum absolute atomic E-state index is 13.5. The number of imide groups is 1. The smallest absolute Gasteiger partial charge is 0.262 e. The summed E-state index contributed by atoms with van der Waals surface area (Å²) < 4.78 is 26.6. The van der Waals surface area contributed by atoms with Crippen molar-refractivity contribution in [3.63, 3.8) is 0 Å². The first-order valence-corrected chi connectivity index (χ1v) is 10.3. The van der Waals surface area contributed by atoms with Crippen LogP contribution in [0.3, 0.4) is 0 Å². The minimum atomic E-state index is -0.638. The van der Waals surface area contributed by atoms with Crippen LogP contribution in [0.4, 0.5) is 8.78 Å². The second kappa shape index (κ2) is 9.76. The third-order valence-corrected chi connectivity index (χ3v) is 5.83. The average molecular weight is 429 g/mol. The molecule has 3 rings (SSSR count). The largest absolute Gasteiger partial charge is 0.353 e. The highest BCUT2D eigenvalue weighted by atomic mass is 19.1. The van der Waals surface area contributed by atoms with E-state index >= 15 is 0 Å². The minimum absolute atomic E-state index is 0.0654. The van der Waals surface area contributed by atoms with E-state index in [2.05, 4.69) is 10.3 Å². The molecule has 31 heavy (non-hydrogen) atoms. The highest BCUT2D eigenvalue weighted by Gasteiger charge is 2.31. The number of rotatable bonds is 6. The van der Waals surface area contributed by atoms with Crippen molar-refractivity contribution in [1.82, 2.24) is 15.2 Å². The Hall–Kier alpha value is -3.16. The number of nitrogens with one attached hydrogen (secondary N) is 1. The van der Waals surface area contributed by atoms with Crippen LogP contribution >= 0.6 is 0 Å². The predicted molar refractivity (Wildman–Crippen MR) is 110 cm³/mol. The van der Waals surface area contributed by atoms with Gasteiger partial charge in [0, 0.05) is 12.1 Å². The lowest BCUT2D eigenvalue weighted by molar-refractivity contribution is -0.123. The van der Waals surface area contributed by atoms with Gasteiger partial charge in [0.05, 0.1) is 23.4 Å². The molecule has 0 spiro atoms. The number of halogens is 2. The molecule has 2 aromatic rings. The molecular weight excluding hydrogens is 404 g/mol. The van der Waals surface area contributed by atoms with Crippen LogP contribution in [-0.2, 0) is 9.59 Å². The molecule has 0 radical (unpaired) electrons. The number of hydrogen-bond acceptors (Lipinski definition) is 4. The Balaban J connectivity index is 1.58. The lowest BCUT2D eigenvalue weighted by atomic mass is 9.89. The molecule has 1 saturated carbocycles. The summed E-state index contributed by atoms with van der Waals surface area (Å²) in [6.07, 6.45) is 3.77. The second-order valence-corrected chi connectivity index (χ2v) is 7.89. The topological polar surface area (TPSA) is 79.4 Å². The van der Waals surface area contributed by atoms with Gasteiger partial charge in [-0.25, -0.2) is 8.78 Å². The summed E-state index contributed by atoms with van der Waals surface area (Å²) in [5, 5.41) is 3.00. The van der Waals surface area contributed by atoms with Crippen LogP contribution in [0.1, 0.15) is 60.1 Å². The normalized spacial score (nSPS) is 19.4. The van der Waals surface area contributed by atoms with Crippen LogP contribution in [0.5, 0.6) is 0 Å². The van der Waals surface area contributed by atoms with E-state index in [9.17, 15) is 23.2 Å². The molecule has 164 valence electrons. The molecule has 1 N–H and O–H groups in total. The summed E-state index contributed by atoms with van der Waals surface area (Å²) in [7, 11) is 0. The molecule has 8 heteroatoms. The quantitative estimate of drug-likeness (QED) is 0.713. The van der Waals surface area contributed by atoms with Crippen LogP contribution < -0.4 is 5.32 Å². The highest BCUT2D eigenvalue weighted by Crippen LogP contribution is 2.25. The Bertz CT molecular complexity index is 957. The molecular formula is C23H25F2N3O3. The lowest BCUT2D eigenvalue weighted by Crippen LogP contribution is -2.46. The van der Waals surface area contributed by atoms with Crippen molar-refractivity contribution in [3.05, 3.63) is 65.0 Å². The van der Waals surface area contributed by atoms with Gasteiger partial charge in [-0.1, -0.05) is 12.1 Å². The Morgan fingerprint density at radius 2 is 1.77 bits per heavy atom. The first-order valence-electron chi connectivity index (χ1n) is 10.3. The van der Waals surface area contributed by atoms with E-state index in [1.54, 1.807) is 26.0 Å². The maximum atomic E-state index is 13.5. The van der Waals surface area contributed by atoms with Crippen molar-refractivity contribution >= 4 is 18.2 Å². The lowest BCUT2D eigenvalue weighted by Gasteiger charge is -2.34. The molecule has 0 bridgehead atoms. The van der Waals surface area contributed by atoms with Crippen molar-refractivity contribution in [3.8, 4) is 0 Å². The molecule has 0 aliphatic heterocycles. The Labute approximate surface area is 179 Å². The van der Waals surface area contributed by atoms with Gasteiger partial charge in [0.1, 0.15) is 11.6 Å². The van der Waals surface area contributed by atoms with Gasteiger partial charge in [-0.05, 0) is 63.3 Å². The SMILES string of the molecule is Cc1ncc(F)cc1C(=O)N(C=O)C1CCC(NC(=O)C(C)c2ccc(F)cc2)CC1. The maximum Gasteiger partial charge on any atom is 0.262 e. The fourth-order valence-electron chi connectivity index (χ4n) is 3.89. The Morgan fingerprint density at radius 1 is 1.13 bits per heavy atom. The van der Waals surface area contributed by atoms with Crippen molar-refractivity contribution in [1.29, 1.82) is 0 Å². The van der Waals surface area contributed by atoms with Crippen LogP contribution in [-0.4, -0.2) is 40.2 Å². The van der Waals surface area contributed by atoms with Gasteiger partial charge in [-0.2, -0.15) is 0 Å². The Morgan fingerprint density at radius 3 is 2.39 bits per heavy atom. The number of hydrogen-bond donors (Lipinski definition) is 1. The van der Waals surface area contributed by atoms with Crippen molar-refractivity contribution in [2.75, 3.05) is 0 Å². The molecule has 6 nitrogen and oxygen atoms in total. The van der Waals surface area contributed by atoms with Gasteiger partial charge in [0.15, 0.2) is 0 Å². The first-order chi connectivity index (χ1) is 14.8. The fraction of sp³-hybridized carbons (Fsp3) is 0.391. The summed E-state index contributed by atoms with van der Waals surface area (Å²) in [4.78, 5) is 41.9. The molecule has 1 aromatic carbocycles. The van der Waals surface area contributed by atoms with Crippen LogP contribution in [0, 0.1) is 18.6 Å². The van der Waals surface area contributed by atoms with Crippen molar-refractivity contribution < 1.29 is 23.2 Å². The van der Waals surface area contributed by atoms with Crippen LogP contribution in [0.15, 0.2) is 36.5 Å². The van der Waals surface area contributed by atoms with Gasteiger partial charge in [-0.15, -0.1) is 0 Å². The van der Waals surface area contributed by atoms with Crippen molar-refractivity contribution in [2.24, 2.45) is 0 Å². The van der Waals surface area contributed by atoms with Gasteiger partial charge < -0.3 is 5.32 Å². The minimum Gasteiger partial charge on any atom is -0.353 e. The zero-order chi connectivity index (χ0) is 22.5. The molecule has 3 amide bonds. The number of aromatic nitrogens is 1. The van der Waals surface area contributed by atoms with E-state index in [0.717, 1.165) is 22.7 Å². The summed E-state index contributed by atoms with van der Waals surface area (Å²) in [6, 6.07) is 6.52. The second-order valence-electron chi connectivity index (χ2n) is 7.89. The van der Waals surface area contributed by atoms with Crippen LogP contribution in [0.25, 0.3) is 0 Å². The van der Waals surface area contributed by atoms with Crippen LogP contribution in [0.2, 0.25) is 0 Å². The van der Waals surface area contributed by atoms with Gasteiger partial charge >= 0.3 is 0 Å². The zero-order valence-electron chi connectivity index (χ0n) is 17.5. The summed E-state index contributed by atoms with van der Waals surface area (Å²) in [5.41, 5.74) is 1.15. The number of carbonyl (C=O) groups excluding carboxylic acids is 3. The Kier molecular flexibility index (Phi) is 7.09. The van der Waals surface area contributed by atoms with E-state index in [4.69, 9.17) is 0 Å². The standard InChI is InChI=1S/C23H25F2N3O3/c1-14(16-3-5-17(24)6-4-16)22(30)27-19-7-9-20(10-8-19)28(13-29)23(31)21-11-18(25)12-26-15(21)2/h3-6,11-14,19-20H,7-10H2,1-2H3,(H,27,30). The molecule has 1 heterocycles. The monoisotopic (exact) mass is 429 g/mol. The highest BCUT2D eigenvalue weighted by molar-refractivity contribution is 6.00. The van der Waals surface area contributed by atoms with E-state index in [1.807, 2.05) is 0 Å². The number of carbonyl (C=O) groups is 3. The fourth-order valence-corrected chi connectivity index (χ4v) is 3.89. The molecule has 1 unspecified atom stereocenters. The summed E-state index contributed by atoms with van der Waals surface area (Å²) >= 11 is 0. The summed E-state index contributed by atoms with van der Waals surface area (Å²) in [5.74, 6) is -2.14. The third-order valence-electron chi connectivity index (χ3n) is 5.83. The van der Waals surface area contributed by atoms with Gasteiger partial charge in [0.25, 0.3) is 5.91 Å². The van der Waals surface area contributed by atoms with E-state index < -0.39 is 17.6 Å². The molecule has 1 aliphatic rings. The number of aryl methyl sites for hydroxylation is 1. The molecule has 1 aliphatic carbocycles. The number of pyridine rings is 1. The zero-order valence-corrected chi connectivity index (χ0v) is 17.5. The van der Waals surface area contributed by atoms with Gasteiger partial charge in [-0.3, -0.25) is 24.3 Å². The number of amides is 3. The average Bonchev–Trinajstić information content (AvgIpc) is 2.77. The molecule has 1 fully saturated rings. The van der Waals surface area contributed by atoms with Gasteiger partial charge in [0.2, 0.25) is 12.3 Å². The van der Waals surface area contributed by atoms with Crippen molar-refractivity contribution in [2.45, 2.75) is 57.5 Å². The summed E-state index contributed by atoms with van der Waals surface area (Å²) in [6.45, 7) is 3.35.